The van der Waals surface area contributed by atoms with Gasteiger partial charge >= 0.3 is 0 Å². The van der Waals surface area contributed by atoms with Crippen LogP contribution in [-0.4, -0.2) is 37.2 Å². The maximum absolute atomic E-state index is 5.45. The molecule has 0 bridgehead atoms. The molecule has 1 aliphatic carbocycles. The molecule has 0 spiro atoms. The number of hydrogen-bond acceptors (Lipinski definition) is 2. The Morgan fingerprint density at radius 2 is 1.76 bits per heavy atom. The Morgan fingerprint density at radius 1 is 1.12 bits per heavy atom. The third-order valence-electron chi connectivity index (χ3n) is 5.13. The number of fused-ring (bicyclic) bond motifs is 1. The van der Waals surface area contributed by atoms with Crippen molar-refractivity contribution in [3.63, 3.8) is 0 Å². The van der Waals surface area contributed by atoms with Crippen molar-refractivity contribution >= 4 is 0 Å². The number of methoxy groups -OCH3 is 1. The molecule has 0 aromatic heterocycles. The van der Waals surface area contributed by atoms with E-state index in [1.165, 1.54) is 51.4 Å². The van der Waals surface area contributed by atoms with Gasteiger partial charge in [-0.25, -0.2) is 0 Å². The van der Waals surface area contributed by atoms with E-state index in [2.05, 4.69) is 18.9 Å². The van der Waals surface area contributed by atoms with Crippen molar-refractivity contribution < 1.29 is 4.74 Å². The minimum atomic E-state index is 0.281. The molecule has 0 N–H and O–H groups in total. The zero-order valence-corrected chi connectivity index (χ0v) is 11.9. The van der Waals surface area contributed by atoms with Crippen molar-refractivity contribution in [2.45, 2.75) is 69.9 Å². The van der Waals surface area contributed by atoms with Gasteiger partial charge < -0.3 is 4.74 Å². The fraction of sp³-hybridized carbons (Fsp3) is 1.00. The van der Waals surface area contributed by atoms with Crippen LogP contribution in [0.3, 0.4) is 0 Å². The lowest BCUT2D eigenvalue weighted by molar-refractivity contribution is 0.0475. The second-order valence-corrected chi connectivity index (χ2v) is 6.42. The van der Waals surface area contributed by atoms with Crippen LogP contribution in [0, 0.1) is 5.92 Å². The second kappa shape index (κ2) is 5.71. The summed E-state index contributed by atoms with van der Waals surface area (Å²) in [5.74, 6) is 0.915. The SMILES string of the molecule is COCC1(C)CC2CCCCCCCC2N1C. The Morgan fingerprint density at radius 3 is 2.47 bits per heavy atom. The Kier molecular flexibility index (Phi) is 4.48. The summed E-state index contributed by atoms with van der Waals surface area (Å²) in [6, 6.07) is 0.813. The summed E-state index contributed by atoms with van der Waals surface area (Å²) in [7, 11) is 4.16. The van der Waals surface area contributed by atoms with Gasteiger partial charge in [0.15, 0.2) is 0 Å². The van der Waals surface area contributed by atoms with Crippen LogP contribution in [0.1, 0.15) is 58.3 Å². The molecular weight excluding hydrogens is 210 g/mol. The Bertz CT molecular complexity index is 243. The molecule has 1 saturated carbocycles. The van der Waals surface area contributed by atoms with E-state index in [4.69, 9.17) is 4.74 Å². The summed E-state index contributed by atoms with van der Waals surface area (Å²) in [5, 5.41) is 0. The van der Waals surface area contributed by atoms with Crippen molar-refractivity contribution in [1.82, 2.24) is 4.90 Å². The topological polar surface area (TPSA) is 12.5 Å². The normalized spacial score (nSPS) is 40.4. The molecule has 17 heavy (non-hydrogen) atoms. The highest BCUT2D eigenvalue weighted by Crippen LogP contribution is 2.42. The van der Waals surface area contributed by atoms with Crippen molar-refractivity contribution in [2.75, 3.05) is 20.8 Å². The van der Waals surface area contributed by atoms with E-state index >= 15 is 0 Å². The highest BCUT2D eigenvalue weighted by Gasteiger charge is 2.45. The molecule has 2 rings (SSSR count). The molecule has 3 atom stereocenters. The van der Waals surface area contributed by atoms with Gasteiger partial charge in [-0.3, -0.25) is 4.90 Å². The maximum atomic E-state index is 5.45. The first kappa shape index (κ1) is 13.4. The number of nitrogens with zero attached hydrogens (tertiary/aromatic N) is 1. The lowest BCUT2D eigenvalue weighted by Crippen LogP contribution is -2.45. The molecule has 2 nitrogen and oxygen atoms in total. The lowest BCUT2D eigenvalue weighted by atomic mass is 9.88. The summed E-state index contributed by atoms with van der Waals surface area (Å²) < 4.78 is 5.45. The van der Waals surface area contributed by atoms with Gasteiger partial charge in [0.2, 0.25) is 0 Å². The highest BCUT2D eigenvalue weighted by molar-refractivity contribution is 5.00. The number of ether oxygens (including phenoxy) is 1. The minimum Gasteiger partial charge on any atom is -0.383 e. The second-order valence-electron chi connectivity index (χ2n) is 6.42. The maximum Gasteiger partial charge on any atom is 0.0644 e. The largest absolute Gasteiger partial charge is 0.383 e. The minimum absolute atomic E-state index is 0.281. The van der Waals surface area contributed by atoms with Crippen LogP contribution in [0.2, 0.25) is 0 Å². The van der Waals surface area contributed by atoms with Crippen LogP contribution < -0.4 is 0 Å². The number of hydrogen-bond donors (Lipinski definition) is 0. The third kappa shape index (κ3) is 2.85. The van der Waals surface area contributed by atoms with Crippen LogP contribution in [0.25, 0.3) is 0 Å². The summed E-state index contributed by atoms with van der Waals surface area (Å²) in [4.78, 5) is 2.63. The third-order valence-corrected chi connectivity index (χ3v) is 5.13. The molecule has 2 fully saturated rings. The summed E-state index contributed by atoms with van der Waals surface area (Å²) >= 11 is 0. The number of rotatable bonds is 2. The zero-order valence-electron chi connectivity index (χ0n) is 11.9. The summed E-state index contributed by atoms with van der Waals surface area (Å²) in [6.45, 7) is 3.27. The standard InChI is InChI=1S/C15H29NO/c1-15(12-17-3)11-13-9-7-5-4-6-8-10-14(13)16(15)2/h13-14H,4-12H2,1-3H3. The summed E-state index contributed by atoms with van der Waals surface area (Å²) in [5.41, 5.74) is 0.281. The summed E-state index contributed by atoms with van der Waals surface area (Å²) in [6.07, 6.45) is 11.4. The Labute approximate surface area is 107 Å². The van der Waals surface area contributed by atoms with Crippen molar-refractivity contribution in [2.24, 2.45) is 5.92 Å². The van der Waals surface area contributed by atoms with Crippen LogP contribution in [0.4, 0.5) is 0 Å². The van der Waals surface area contributed by atoms with Crippen molar-refractivity contribution in [3.8, 4) is 0 Å². The van der Waals surface area contributed by atoms with E-state index in [9.17, 15) is 0 Å². The fourth-order valence-electron chi connectivity index (χ4n) is 4.05. The van der Waals surface area contributed by atoms with Gasteiger partial charge in [0.05, 0.1) is 6.61 Å². The van der Waals surface area contributed by atoms with Crippen LogP contribution in [-0.2, 0) is 4.74 Å². The van der Waals surface area contributed by atoms with Crippen LogP contribution >= 0.6 is 0 Å². The van der Waals surface area contributed by atoms with E-state index in [0.717, 1.165) is 18.6 Å². The predicted molar refractivity (Wildman–Crippen MR) is 72.3 cm³/mol. The first-order chi connectivity index (χ1) is 8.17. The van der Waals surface area contributed by atoms with Gasteiger partial charge in [0, 0.05) is 18.7 Å². The molecule has 0 radical (unpaired) electrons. The molecule has 0 amide bonds. The zero-order chi connectivity index (χ0) is 12.3. The molecule has 1 saturated heterocycles. The number of likely N-dealkylation sites (tertiary alicyclic amines) is 1. The molecule has 3 unspecified atom stereocenters. The molecule has 1 heterocycles. The fourth-order valence-corrected chi connectivity index (χ4v) is 4.05. The molecular formula is C15H29NO. The van der Waals surface area contributed by atoms with Crippen LogP contribution in [0.15, 0.2) is 0 Å². The molecule has 2 aliphatic rings. The van der Waals surface area contributed by atoms with Gasteiger partial charge in [-0.15, -0.1) is 0 Å². The smallest absolute Gasteiger partial charge is 0.0644 e. The first-order valence-corrected chi connectivity index (χ1v) is 7.39. The van der Waals surface area contributed by atoms with Crippen LogP contribution in [0.5, 0.6) is 0 Å². The van der Waals surface area contributed by atoms with Gasteiger partial charge in [-0.05, 0) is 39.2 Å². The molecule has 2 heteroatoms. The van der Waals surface area contributed by atoms with E-state index in [1.54, 1.807) is 0 Å². The van der Waals surface area contributed by atoms with Gasteiger partial charge in [-0.2, -0.15) is 0 Å². The van der Waals surface area contributed by atoms with Gasteiger partial charge in [-0.1, -0.05) is 32.1 Å². The van der Waals surface area contributed by atoms with Gasteiger partial charge in [0.1, 0.15) is 0 Å². The quantitative estimate of drug-likeness (QED) is 0.732. The molecule has 0 aromatic carbocycles. The van der Waals surface area contributed by atoms with Gasteiger partial charge in [0.25, 0.3) is 0 Å². The highest BCUT2D eigenvalue weighted by atomic mass is 16.5. The number of likely N-dealkylation sites (N-methyl/N-ethyl adjacent to an activating group) is 1. The average Bonchev–Trinajstić information content (AvgIpc) is 2.58. The van der Waals surface area contributed by atoms with E-state index in [0.29, 0.717) is 0 Å². The monoisotopic (exact) mass is 239 g/mol. The lowest BCUT2D eigenvalue weighted by Gasteiger charge is -2.35. The first-order valence-electron chi connectivity index (χ1n) is 7.39. The molecule has 100 valence electrons. The van der Waals surface area contributed by atoms with Crippen molar-refractivity contribution in [3.05, 3.63) is 0 Å². The molecule has 0 aromatic rings. The average molecular weight is 239 g/mol. The Balaban J connectivity index is 2.05. The Hall–Kier alpha value is -0.0800. The van der Waals surface area contributed by atoms with E-state index < -0.39 is 0 Å². The van der Waals surface area contributed by atoms with E-state index in [-0.39, 0.29) is 5.54 Å². The molecule has 1 aliphatic heterocycles. The van der Waals surface area contributed by atoms with E-state index in [1.807, 2.05) is 7.11 Å². The predicted octanol–water partition coefficient (Wildman–Crippen LogP) is 3.46. The van der Waals surface area contributed by atoms with Crippen molar-refractivity contribution in [1.29, 1.82) is 0 Å².